The Morgan fingerprint density at radius 1 is 1.20 bits per heavy atom. The van der Waals surface area contributed by atoms with Gasteiger partial charge in [-0.1, -0.05) is 30.0 Å². The molecule has 154 valence electrons. The molecule has 0 saturated carbocycles. The zero-order chi connectivity index (χ0) is 20.9. The molecule has 0 aliphatic carbocycles. The first kappa shape index (κ1) is 19.8. The highest BCUT2D eigenvalue weighted by atomic mass is 32.2. The van der Waals surface area contributed by atoms with E-state index >= 15 is 0 Å². The van der Waals surface area contributed by atoms with Gasteiger partial charge in [-0.2, -0.15) is 0 Å². The fraction of sp³-hybridized carbons (Fsp3) is 0.190. The molecule has 1 aliphatic heterocycles. The molecule has 4 rings (SSSR count). The van der Waals surface area contributed by atoms with Crippen LogP contribution in [-0.2, 0) is 12.3 Å². The third kappa shape index (κ3) is 4.25. The maximum Gasteiger partial charge on any atom is 0.297 e. The van der Waals surface area contributed by atoms with Crippen molar-refractivity contribution in [1.29, 1.82) is 0 Å². The molecule has 3 aromatic rings. The Bertz CT molecular complexity index is 1110. The maximum atomic E-state index is 13.0. The minimum Gasteiger partial charge on any atom is -0.497 e. The molecule has 0 amide bonds. The van der Waals surface area contributed by atoms with Crippen molar-refractivity contribution in [3.63, 3.8) is 0 Å². The molecule has 0 fully saturated rings. The van der Waals surface area contributed by atoms with Gasteiger partial charge in [0, 0.05) is 24.1 Å². The molecular weight excluding hydrogens is 404 g/mol. The Labute approximate surface area is 177 Å². The Kier molecular flexibility index (Phi) is 5.89. The van der Waals surface area contributed by atoms with Crippen LogP contribution in [0.3, 0.4) is 0 Å². The van der Waals surface area contributed by atoms with E-state index in [4.69, 9.17) is 14.2 Å². The van der Waals surface area contributed by atoms with E-state index in [-0.39, 0.29) is 18.2 Å². The molecule has 2 heterocycles. The number of rotatable bonds is 8. The van der Waals surface area contributed by atoms with E-state index in [2.05, 4.69) is 22.1 Å². The topological polar surface area (TPSA) is 87.5 Å². The summed E-state index contributed by atoms with van der Waals surface area (Å²) < 4.78 is 17.4. The van der Waals surface area contributed by atoms with E-state index < -0.39 is 0 Å². The van der Waals surface area contributed by atoms with Crippen LogP contribution >= 0.6 is 11.8 Å². The van der Waals surface area contributed by atoms with Gasteiger partial charge in [-0.15, -0.1) is 16.8 Å². The second-order valence-electron chi connectivity index (χ2n) is 6.37. The molecule has 8 nitrogen and oxygen atoms in total. The van der Waals surface area contributed by atoms with E-state index in [1.165, 1.54) is 11.8 Å². The highest BCUT2D eigenvalue weighted by molar-refractivity contribution is 7.98. The van der Waals surface area contributed by atoms with Gasteiger partial charge in [0.1, 0.15) is 5.75 Å². The largest absolute Gasteiger partial charge is 0.497 e. The highest BCUT2D eigenvalue weighted by Crippen LogP contribution is 2.34. The predicted octanol–water partition coefficient (Wildman–Crippen LogP) is 3.60. The van der Waals surface area contributed by atoms with Crippen LogP contribution in [0.25, 0.3) is 0 Å². The lowest BCUT2D eigenvalue weighted by Crippen LogP contribution is -2.26. The highest BCUT2D eigenvalue weighted by Gasteiger charge is 2.16. The lowest BCUT2D eigenvalue weighted by atomic mass is 10.2. The number of fused-ring (bicyclic) bond motifs is 1. The summed E-state index contributed by atoms with van der Waals surface area (Å²) in [6.45, 7) is 4.26. The van der Waals surface area contributed by atoms with Gasteiger partial charge in [-0.05, 0) is 29.8 Å². The van der Waals surface area contributed by atoms with Crippen molar-refractivity contribution in [2.24, 2.45) is 0 Å². The third-order valence-corrected chi connectivity index (χ3v) is 5.43. The van der Waals surface area contributed by atoms with Crippen molar-refractivity contribution in [2.45, 2.75) is 17.5 Å². The average Bonchev–Trinajstić information content (AvgIpc) is 3.24. The first-order valence-corrected chi connectivity index (χ1v) is 10.2. The number of methoxy groups -OCH3 is 1. The summed E-state index contributed by atoms with van der Waals surface area (Å²) in [4.78, 5) is 13.0. The molecule has 0 atom stereocenters. The molecule has 1 aliphatic rings. The predicted molar refractivity (Wildman–Crippen MR) is 115 cm³/mol. The number of hydrogen-bond donors (Lipinski definition) is 1. The van der Waals surface area contributed by atoms with Gasteiger partial charge >= 0.3 is 0 Å². The van der Waals surface area contributed by atoms with Gasteiger partial charge in [0.25, 0.3) is 5.56 Å². The van der Waals surface area contributed by atoms with Crippen LogP contribution in [0.15, 0.2) is 65.1 Å². The SMILES string of the molecule is C=CCn1c(SCc2ccc(OC)cc2)nnc(Nc2ccc3c(c2)OCO3)c1=O. The minimum absolute atomic E-state index is 0.129. The molecule has 0 spiro atoms. The third-order valence-electron chi connectivity index (χ3n) is 4.39. The summed E-state index contributed by atoms with van der Waals surface area (Å²) >= 11 is 1.44. The molecule has 2 aromatic carbocycles. The van der Waals surface area contributed by atoms with Crippen LogP contribution in [0.2, 0.25) is 0 Å². The van der Waals surface area contributed by atoms with Gasteiger partial charge in [-0.25, -0.2) is 0 Å². The fourth-order valence-electron chi connectivity index (χ4n) is 2.86. The summed E-state index contributed by atoms with van der Waals surface area (Å²) in [7, 11) is 1.63. The molecule has 0 unspecified atom stereocenters. The monoisotopic (exact) mass is 424 g/mol. The quantitative estimate of drug-likeness (QED) is 0.434. The number of thioether (sulfide) groups is 1. The maximum absolute atomic E-state index is 13.0. The van der Waals surface area contributed by atoms with Crippen LogP contribution in [0.1, 0.15) is 5.56 Å². The Balaban J connectivity index is 1.54. The van der Waals surface area contributed by atoms with E-state index in [0.29, 0.717) is 34.6 Å². The zero-order valence-corrected chi connectivity index (χ0v) is 17.1. The van der Waals surface area contributed by atoms with Crippen LogP contribution in [0.5, 0.6) is 17.2 Å². The number of nitrogens with zero attached hydrogens (tertiary/aromatic N) is 3. The Morgan fingerprint density at radius 3 is 2.77 bits per heavy atom. The van der Waals surface area contributed by atoms with E-state index in [1.807, 2.05) is 24.3 Å². The van der Waals surface area contributed by atoms with Crippen molar-refractivity contribution in [3.8, 4) is 17.2 Å². The standard InChI is InChI=1S/C21H20N4O4S/c1-3-10-25-20(26)19(22-15-6-9-17-18(11-15)29-13-28-17)23-24-21(25)30-12-14-4-7-16(27-2)8-5-14/h3-9,11H,1,10,12-13H2,2H3,(H,22,23). The number of allylic oxidation sites excluding steroid dienone is 1. The molecule has 0 saturated heterocycles. The molecular formula is C21H20N4O4S. The van der Waals surface area contributed by atoms with Crippen molar-refractivity contribution in [3.05, 3.63) is 71.0 Å². The number of benzene rings is 2. The van der Waals surface area contributed by atoms with Crippen LogP contribution in [0.4, 0.5) is 11.5 Å². The van der Waals surface area contributed by atoms with E-state index in [0.717, 1.165) is 11.3 Å². The van der Waals surface area contributed by atoms with Gasteiger partial charge in [0.05, 0.1) is 7.11 Å². The number of anilines is 2. The zero-order valence-electron chi connectivity index (χ0n) is 16.3. The number of hydrogen-bond acceptors (Lipinski definition) is 8. The van der Waals surface area contributed by atoms with Crippen LogP contribution in [-0.4, -0.2) is 28.7 Å². The van der Waals surface area contributed by atoms with Crippen molar-refractivity contribution in [1.82, 2.24) is 14.8 Å². The Morgan fingerprint density at radius 2 is 2.00 bits per heavy atom. The Hall–Kier alpha value is -3.46. The summed E-state index contributed by atoms with van der Waals surface area (Å²) in [5.74, 6) is 2.85. The average molecular weight is 424 g/mol. The minimum atomic E-state index is -0.278. The van der Waals surface area contributed by atoms with Crippen LogP contribution < -0.4 is 25.1 Å². The molecule has 0 radical (unpaired) electrons. The van der Waals surface area contributed by atoms with Crippen molar-refractivity contribution < 1.29 is 14.2 Å². The number of nitrogens with one attached hydrogen (secondary N) is 1. The summed E-state index contributed by atoms with van der Waals surface area (Å²) in [6.07, 6.45) is 1.66. The first-order chi connectivity index (χ1) is 14.7. The molecule has 0 bridgehead atoms. The molecule has 30 heavy (non-hydrogen) atoms. The second kappa shape index (κ2) is 8.91. The smallest absolute Gasteiger partial charge is 0.297 e. The fourth-order valence-corrected chi connectivity index (χ4v) is 3.76. The summed E-state index contributed by atoms with van der Waals surface area (Å²) in [6, 6.07) is 13.1. The molecule has 9 heteroatoms. The summed E-state index contributed by atoms with van der Waals surface area (Å²) in [5.41, 5.74) is 1.47. The van der Waals surface area contributed by atoms with Gasteiger partial charge in [0.15, 0.2) is 16.7 Å². The number of aromatic nitrogens is 3. The molecule has 1 aromatic heterocycles. The summed E-state index contributed by atoms with van der Waals surface area (Å²) in [5, 5.41) is 11.9. The van der Waals surface area contributed by atoms with Crippen molar-refractivity contribution in [2.75, 3.05) is 19.2 Å². The lowest BCUT2D eigenvalue weighted by Gasteiger charge is -2.12. The van der Waals surface area contributed by atoms with E-state index in [9.17, 15) is 4.79 Å². The van der Waals surface area contributed by atoms with Gasteiger partial charge < -0.3 is 19.5 Å². The van der Waals surface area contributed by atoms with Gasteiger partial charge in [0.2, 0.25) is 12.6 Å². The second-order valence-corrected chi connectivity index (χ2v) is 7.31. The van der Waals surface area contributed by atoms with Crippen LogP contribution in [0, 0.1) is 0 Å². The normalized spacial score (nSPS) is 11.9. The molecule has 1 N–H and O–H groups in total. The first-order valence-electron chi connectivity index (χ1n) is 9.19. The number of ether oxygens (including phenoxy) is 3. The van der Waals surface area contributed by atoms with Gasteiger partial charge in [-0.3, -0.25) is 9.36 Å². The van der Waals surface area contributed by atoms with E-state index in [1.54, 1.807) is 36.0 Å². The lowest BCUT2D eigenvalue weighted by molar-refractivity contribution is 0.174. The van der Waals surface area contributed by atoms with Crippen molar-refractivity contribution >= 4 is 23.3 Å².